The van der Waals surface area contributed by atoms with E-state index in [1.165, 1.54) is 6.08 Å². The molecule has 0 aliphatic rings. The lowest BCUT2D eigenvalue weighted by Crippen LogP contribution is -2.07. The van der Waals surface area contributed by atoms with E-state index in [1.807, 2.05) is 18.2 Å². The number of ether oxygens (including phenoxy) is 1. The first-order valence-electron chi connectivity index (χ1n) is 8.80. The van der Waals surface area contributed by atoms with Crippen LogP contribution in [0.3, 0.4) is 0 Å². The van der Waals surface area contributed by atoms with Gasteiger partial charge in [0.15, 0.2) is 0 Å². The van der Waals surface area contributed by atoms with Crippen molar-refractivity contribution in [3.63, 3.8) is 0 Å². The van der Waals surface area contributed by atoms with E-state index < -0.39 is 0 Å². The van der Waals surface area contributed by atoms with E-state index in [9.17, 15) is 4.79 Å². The largest absolute Gasteiger partial charge is 0.438 e. The second kappa shape index (κ2) is 7.73. The molecule has 0 saturated carbocycles. The first-order chi connectivity index (χ1) is 14.1. The van der Waals surface area contributed by atoms with Crippen LogP contribution in [0, 0.1) is 0 Å². The van der Waals surface area contributed by atoms with Gasteiger partial charge in [-0.25, -0.2) is 0 Å². The molecule has 0 radical (unpaired) electrons. The minimum Gasteiger partial charge on any atom is -0.438 e. The molecule has 0 unspecified atom stereocenters. The second-order valence-electron chi connectivity index (χ2n) is 6.16. The molecule has 1 amide bonds. The highest BCUT2D eigenvalue weighted by Crippen LogP contribution is 2.30. The summed E-state index contributed by atoms with van der Waals surface area (Å²) in [7, 11) is 0. The Bertz CT molecular complexity index is 1180. The van der Waals surface area contributed by atoms with E-state index in [0.717, 1.165) is 11.1 Å². The molecule has 2 aromatic carbocycles. The number of carbonyl (C=O) groups is 1. The quantitative estimate of drug-likeness (QED) is 0.291. The number of hydrogen-bond acceptors (Lipinski definition) is 6. The summed E-state index contributed by atoms with van der Waals surface area (Å²) in [4.78, 5) is 23.5. The summed E-state index contributed by atoms with van der Waals surface area (Å²) < 4.78 is 6.00. The summed E-state index contributed by atoms with van der Waals surface area (Å²) in [5.74, 6) is 0.968. The van der Waals surface area contributed by atoms with Crippen molar-refractivity contribution in [1.29, 1.82) is 0 Å². The van der Waals surface area contributed by atoms with Gasteiger partial charge in [0.2, 0.25) is 17.7 Å². The van der Waals surface area contributed by atoms with Crippen molar-refractivity contribution in [3.05, 3.63) is 73.4 Å². The Morgan fingerprint density at radius 3 is 2.72 bits per heavy atom. The standard InChI is InChI=1S/C21H18N6O2/c1-2-18(28)24-15-4-3-5-16(12-15)29-20-17-10-11-23-19(17)26-21(27-20)25-14-8-6-13(22)7-9-14/h2-12H,1,22H2,(H,24,28)(H2,23,25,26,27). The van der Waals surface area contributed by atoms with Crippen molar-refractivity contribution < 1.29 is 9.53 Å². The summed E-state index contributed by atoms with van der Waals surface area (Å²) >= 11 is 0. The molecule has 5 N–H and O–H groups in total. The molecule has 4 rings (SSSR count). The van der Waals surface area contributed by atoms with Gasteiger partial charge in [0.1, 0.15) is 11.4 Å². The van der Waals surface area contributed by atoms with Gasteiger partial charge in [0, 0.05) is 29.3 Å². The summed E-state index contributed by atoms with van der Waals surface area (Å²) in [6.45, 7) is 3.45. The summed E-state index contributed by atoms with van der Waals surface area (Å²) in [5.41, 5.74) is 8.41. The van der Waals surface area contributed by atoms with Gasteiger partial charge in [-0.3, -0.25) is 4.79 Å². The maximum absolute atomic E-state index is 11.5. The van der Waals surface area contributed by atoms with E-state index in [4.69, 9.17) is 10.5 Å². The van der Waals surface area contributed by atoms with Crippen LogP contribution in [-0.2, 0) is 4.79 Å². The first-order valence-corrected chi connectivity index (χ1v) is 8.80. The van der Waals surface area contributed by atoms with Gasteiger partial charge in [-0.15, -0.1) is 0 Å². The number of hydrogen-bond donors (Lipinski definition) is 4. The third-order valence-corrected chi connectivity index (χ3v) is 4.05. The van der Waals surface area contributed by atoms with Gasteiger partial charge in [-0.1, -0.05) is 12.6 Å². The van der Waals surface area contributed by atoms with Crippen molar-refractivity contribution in [2.45, 2.75) is 0 Å². The fraction of sp³-hybridized carbons (Fsp3) is 0. The number of rotatable bonds is 6. The predicted molar refractivity (Wildman–Crippen MR) is 113 cm³/mol. The maximum atomic E-state index is 11.5. The van der Waals surface area contributed by atoms with Crippen LogP contribution in [0.15, 0.2) is 73.4 Å². The van der Waals surface area contributed by atoms with Crippen LogP contribution in [0.2, 0.25) is 0 Å². The Morgan fingerprint density at radius 1 is 1.10 bits per heavy atom. The molecule has 2 heterocycles. The normalized spacial score (nSPS) is 10.5. The van der Waals surface area contributed by atoms with Crippen molar-refractivity contribution in [1.82, 2.24) is 15.0 Å². The second-order valence-corrected chi connectivity index (χ2v) is 6.16. The zero-order chi connectivity index (χ0) is 20.2. The number of nitrogens with two attached hydrogens (primary N) is 1. The molecule has 0 fully saturated rings. The van der Waals surface area contributed by atoms with Gasteiger partial charge in [-0.05, 0) is 48.5 Å². The Kier molecular flexibility index (Phi) is 4.81. The van der Waals surface area contributed by atoms with E-state index in [2.05, 4.69) is 32.2 Å². The summed E-state index contributed by atoms with van der Waals surface area (Å²) in [6, 6.07) is 16.1. The van der Waals surface area contributed by atoms with Crippen LogP contribution in [0.1, 0.15) is 0 Å². The topological polar surface area (TPSA) is 118 Å². The fourth-order valence-electron chi connectivity index (χ4n) is 2.68. The maximum Gasteiger partial charge on any atom is 0.247 e. The highest BCUT2D eigenvalue weighted by Gasteiger charge is 2.12. The molecule has 0 spiro atoms. The van der Waals surface area contributed by atoms with Crippen LogP contribution in [0.4, 0.5) is 23.0 Å². The lowest BCUT2D eigenvalue weighted by atomic mass is 10.3. The number of carbonyl (C=O) groups excluding carboxylic acids is 1. The molecule has 29 heavy (non-hydrogen) atoms. The van der Waals surface area contributed by atoms with Gasteiger partial charge in [0.25, 0.3) is 0 Å². The summed E-state index contributed by atoms with van der Waals surface area (Å²) in [6.07, 6.45) is 2.97. The minimum absolute atomic E-state index is 0.299. The molecule has 4 aromatic rings. The predicted octanol–water partition coefficient (Wildman–Crippen LogP) is 4.20. The van der Waals surface area contributed by atoms with Gasteiger partial charge in [-0.2, -0.15) is 9.97 Å². The SMILES string of the molecule is C=CC(=O)Nc1cccc(Oc2nc(Nc3ccc(N)cc3)nc3[nH]ccc23)c1. The minimum atomic E-state index is -0.299. The number of H-pyrrole nitrogens is 1. The highest BCUT2D eigenvalue weighted by atomic mass is 16.5. The van der Waals surface area contributed by atoms with E-state index in [0.29, 0.717) is 34.6 Å². The Morgan fingerprint density at radius 2 is 1.93 bits per heavy atom. The van der Waals surface area contributed by atoms with Crippen LogP contribution in [-0.4, -0.2) is 20.9 Å². The lowest BCUT2D eigenvalue weighted by molar-refractivity contribution is -0.111. The van der Waals surface area contributed by atoms with Gasteiger partial charge in [0.05, 0.1) is 5.39 Å². The van der Waals surface area contributed by atoms with Crippen LogP contribution in [0.5, 0.6) is 11.6 Å². The summed E-state index contributed by atoms with van der Waals surface area (Å²) in [5, 5.41) is 6.57. The van der Waals surface area contributed by atoms with Crippen molar-refractivity contribution in [2.24, 2.45) is 0 Å². The monoisotopic (exact) mass is 386 g/mol. The molecule has 144 valence electrons. The van der Waals surface area contributed by atoms with Crippen LogP contribution in [0.25, 0.3) is 11.0 Å². The number of nitrogen functional groups attached to an aromatic ring is 1. The molecule has 8 nitrogen and oxygen atoms in total. The average molecular weight is 386 g/mol. The molecule has 0 bridgehead atoms. The van der Waals surface area contributed by atoms with Crippen LogP contribution >= 0.6 is 0 Å². The van der Waals surface area contributed by atoms with Crippen molar-refractivity contribution in [2.75, 3.05) is 16.4 Å². The number of fused-ring (bicyclic) bond motifs is 1. The number of aromatic nitrogens is 3. The van der Waals surface area contributed by atoms with E-state index >= 15 is 0 Å². The van der Waals surface area contributed by atoms with Crippen molar-refractivity contribution in [3.8, 4) is 11.6 Å². The number of nitrogens with one attached hydrogen (secondary N) is 3. The molecule has 8 heteroatoms. The third kappa shape index (κ3) is 4.16. The molecule has 0 aliphatic heterocycles. The number of aromatic amines is 1. The fourth-order valence-corrected chi connectivity index (χ4v) is 2.68. The highest BCUT2D eigenvalue weighted by molar-refractivity contribution is 5.99. The van der Waals surface area contributed by atoms with Gasteiger partial charge >= 0.3 is 0 Å². The molecule has 0 saturated heterocycles. The molecule has 2 aromatic heterocycles. The number of benzene rings is 2. The number of anilines is 4. The van der Waals surface area contributed by atoms with E-state index in [-0.39, 0.29) is 5.91 Å². The average Bonchev–Trinajstić information content (AvgIpc) is 3.19. The lowest BCUT2D eigenvalue weighted by Gasteiger charge is -2.10. The molecule has 0 aliphatic carbocycles. The van der Waals surface area contributed by atoms with Gasteiger partial charge < -0.3 is 26.1 Å². The molecular formula is C21H18N6O2. The Hall–Kier alpha value is -4.33. The number of amides is 1. The first kappa shape index (κ1) is 18.1. The zero-order valence-electron chi connectivity index (χ0n) is 15.3. The van der Waals surface area contributed by atoms with Crippen LogP contribution < -0.4 is 21.1 Å². The van der Waals surface area contributed by atoms with E-state index in [1.54, 1.807) is 42.6 Å². The zero-order valence-corrected chi connectivity index (χ0v) is 15.3. The third-order valence-electron chi connectivity index (χ3n) is 4.05. The molecular weight excluding hydrogens is 368 g/mol. The smallest absolute Gasteiger partial charge is 0.247 e. The number of nitrogens with zero attached hydrogens (tertiary/aromatic N) is 2. The van der Waals surface area contributed by atoms with Crippen molar-refractivity contribution >= 4 is 40.0 Å². The Labute approximate surface area is 166 Å². The Balaban J connectivity index is 1.64. The molecule has 0 atom stereocenters.